The molecule has 0 unspecified atom stereocenters. The minimum Gasteiger partial charge on any atom is -0.479 e. The van der Waals surface area contributed by atoms with Crippen molar-refractivity contribution in [2.45, 2.75) is 24.5 Å². The van der Waals surface area contributed by atoms with Crippen LogP contribution >= 0.6 is 23.2 Å². The van der Waals surface area contributed by atoms with Gasteiger partial charge in [-0.05, 0) is 42.8 Å². The van der Waals surface area contributed by atoms with Crippen molar-refractivity contribution < 1.29 is 13.7 Å². The first-order chi connectivity index (χ1) is 11.4. The van der Waals surface area contributed by atoms with Crippen LogP contribution in [0.25, 0.3) is 0 Å². The van der Waals surface area contributed by atoms with Gasteiger partial charge in [0.1, 0.15) is 5.75 Å². The van der Waals surface area contributed by atoms with Crippen molar-refractivity contribution in [3.05, 3.63) is 58.1 Å². The van der Waals surface area contributed by atoms with Crippen molar-refractivity contribution in [3.8, 4) is 5.75 Å². The Morgan fingerprint density at radius 3 is 2.46 bits per heavy atom. The van der Waals surface area contributed by atoms with E-state index in [1.807, 2.05) is 12.1 Å². The van der Waals surface area contributed by atoms with Crippen molar-refractivity contribution in [2.24, 2.45) is 0 Å². The second kappa shape index (κ2) is 8.51. The maximum Gasteiger partial charge on any atom is 0.261 e. The van der Waals surface area contributed by atoms with E-state index in [1.165, 1.54) is 0 Å². The summed E-state index contributed by atoms with van der Waals surface area (Å²) in [7, 11) is -1.01. The zero-order chi connectivity index (χ0) is 17.7. The van der Waals surface area contributed by atoms with Crippen LogP contribution in [0.15, 0.2) is 47.4 Å². The largest absolute Gasteiger partial charge is 0.479 e. The number of benzene rings is 2. The monoisotopic (exact) mass is 385 g/mol. The lowest BCUT2D eigenvalue weighted by atomic mass is 10.2. The van der Waals surface area contributed by atoms with Crippen LogP contribution in [0.2, 0.25) is 10.0 Å². The maximum absolute atomic E-state index is 12.1. The van der Waals surface area contributed by atoms with Gasteiger partial charge >= 0.3 is 0 Å². The van der Waals surface area contributed by atoms with E-state index in [0.29, 0.717) is 22.3 Å². The molecule has 24 heavy (non-hydrogen) atoms. The Hall–Kier alpha value is -1.56. The highest BCUT2D eigenvalue weighted by molar-refractivity contribution is 7.84. The van der Waals surface area contributed by atoms with Crippen LogP contribution in [0.4, 0.5) is 0 Å². The summed E-state index contributed by atoms with van der Waals surface area (Å²) < 4.78 is 16.9. The quantitative estimate of drug-likeness (QED) is 0.822. The summed E-state index contributed by atoms with van der Waals surface area (Å²) in [5.74, 6) is 0.141. The fraction of sp³-hybridized carbons (Fsp3) is 0.235. The third kappa shape index (κ3) is 5.23. The van der Waals surface area contributed by atoms with Gasteiger partial charge in [0, 0.05) is 33.5 Å². The molecule has 0 saturated heterocycles. The van der Waals surface area contributed by atoms with Crippen molar-refractivity contribution in [1.29, 1.82) is 0 Å². The Kier molecular flexibility index (Phi) is 6.66. The molecule has 0 aromatic heterocycles. The zero-order valence-corrected chi connectivity index (χ0v) is 15.5. The molecule has 2 atom stereocenters. The average Bonchev–Trinajstić information content (AvgIpc) is 2.55. The second-order valence-electron chi connectivity index (χ2n) is 5.15. The molecule has 1 amide bonds. The minimum atomic E-state index is -1.01. The molecule has 0 heterocycles. The summed E-state index contributed by atoms with van der Waals surface area (Å²) in [6, 6.07) is 12.1. The molecule has 0 aliphatic carbocycles. The van der Waals surface area contributed by atoms with Crippen molar-refractivity contribution in [1.82, 2.24) is 5.32 Å². The van der Waals surface area contributed by atoms with Gasteiger partial charge in [-0.2, -0.15) is 0 Å². The lowest BCUT2D eigenvalue weighted by molar-refractivity contribution is -0.127. The Morgan fingerprint density at radius 2 is 1.88 bits per heavy atom. The summed E-state index contributed by atoms with van der Waals surface area (Å²) in [4.78, 5) is 12.9. The second-order valence-corrected chi connectivity index (χ2v) is 7.37. The van der Waals surface area contributed by atoms with Gasteiger partial charge < -0.3 is 10.1 Å². The van der Waals surface area contributed by atoms with E-state index in [2.05, 4.69) is 5.32 Å². The van der Waals surface area contributed by atoms with Crippen LogP contribution in [0, 0.1) is 0 Å². The Balaban J connectivity index is 1.90. The van der Waals surface area contributed by atoms with E-state index < -0.39 is 16.9 Å². The van der Waals surface area contributed by atoms with E-state index in [1.54, 1.807) is 43.5 Å². The molecular formula is C17H17Cl2NO3S. The van der Waals surface area contributed by atoms with Gasteiger partial charge in [0.2, 0.25) is 0 Å². The van der Waals surface area contributed by atoms with E-state index in [-0.39, 0.29) is 5.91 Å². The molecule has 0 radical (unpaired) electrons. The number of amides is 1. The van der Waals surface area contributed by atoms with E-state index >= 15 is 0 Å². The van der Waals surface area contributed by atoms with Crippen LogP contribution in [-0.4, -0.2) is 22.5 Å². The Morgan fingerprint density at radius 1 is 1.21 bits per heavy atom. The number of carbonyl (C=O) groups excluding carboxylic acids is 1. The first-order valence-corrected chi connectivity index (χ1v) is 9.50. The van der Waals surface area contributed by atoms with E-state index in [0.717, 1.165) is 10.5 Å². The van der Waals surface area contributed by atoms with Gasteiger partial charge in [-0.15, -0.1) is 0 Å². The van der Waals surface area contributed by atoms with Gasteiger partial charge in [0.05, 0.1) is 5.02 Å². The average molecular weight is 386 g/mol. The Bertz CT molecular complexity index is 750. The number of nitrogens with one attached hydrogen (secondary N) is 1. The molecule has 0 spiro atoms. The zero-order valence-electron chi connectivity index (χ0n) is 13.2. The normalized spacial score (nSPS) is 13.2. The van der Waals surface area contributed by atoms with Gasteiger partial charge in [-0.1, -0.05) is 35.3 Å². The lowest BCUT2D eigenvalue weighted by Gasteiger charge is -2.16. The first kappa shape index (κ1) is 18.8. The van der Waals surface area contributed by atoms with Gasteiger partial charge in [0.25, 0.3) is 5.91 Å². The highest BCUT2D eigenvalue weighted by Crippen LogP contribution is 2.28. The molecule has 0 fully saturated rings. The predicted molar refractivity (Wildman–Crippen MR) is 97.2 cm³/mol. The van der Waals surface area contributed by atoms with E-state index in [4.69, 9.17) is 27.9 Å². The maximum atomic E-state index is 12.1. The van der Waals surface area contributed by atoms with Crippen molar-refractivity contribution in [3.63, 3.8) is 0 Å². The molecule has 0 bridgehead atoms. The molecule has 0 aliphatic heterocycles. The molecule has 4 nitrogen and oxygen atoms in total. The first-order valence-electron chi connectivity index (χ1n) is 7.18. The summed E-state index contributed by atoms with van der Waals surface area (Å²) in [5, 5.41) is 3.64. The Labute approximate surface area is 153 Å². The number of hydrogen-bond acceptors (Lipinski definition) is 3. The van der Waals surface area contributed by atoms with E-state index in [9.17, 15) is 9.00 Å². The number of ether oxygens (including phenoxy) is 1. The SMILES string of the molecule is C[C@@H](Oc1ccc(Cl)cc1Cl)C(=O)NCc1ccc([S@](C)=O)cc1. The molecular weight excluding hydrogens is 369 g/mol. The summed E-state index contributed by atoms with van der Waals surface area (Å²) in [5.41, 5.74) is 0.911. The summed E-state index contributed by atoms with van der Waals surface area (Å²) >= 11 is 11.9. The molecule has 2 rings (SSSR count). The fourth-order valence-corrected chi connectivity index (χ4v) is 2.92. The number of rotatable bonds is 6. The molecule has 0 aliphatic rings. The van der Waals surface area contributed by atoms with Crippen LogP contribution in [0.1, 0.15) is 12.5 Å². The molecule has 1 N–H and O–H groups in total. The summed E-state index contributed by atoms with van der Waals surface area (Å²) in [6.45, 7) is 2.00. The topological polar surface area (TPSA) is 55.4 Å². The number of carbonyl (C=O) groups is 1. The predicted octanol–water partition coefficient (Wildman–Crippen LogP) is 3.81. The van der Waals surface area contributed by atoms with Crippen LogP contribution in [0.5, 0.6) is 5.75 Å². The standard InChI is InChI=1S/C17H17Cl2NO3S/c1-11(23-16-8-5-13(18)9-15(16)19)17(21)20-10-12-3-6-14(7-4-12)24(2)22/h3-9,11H,10H2,1-2H3,(H,20,21)/t11-,24+/m1/s1. The molecule has 128 valence electrons. The summed E-state index contributed by atoms with van der Waals surface area (Å²) in [6.07, 6.45) is 0.920. The van der Waals surface area contributed by atoms with Gasteiger partial charge in [-0.25, -0.2) is 0 Å². The third-order valence-electron chi connectivity index (χ3n) is 3.29. The third-order valence-corrected chi connectivity index (χ3v) is 4.76. The van der Waals surface area contributed by atoms with Crippen molar-refractivity contribution >= 4 is 39.9 Å². The molecule has 0 saturated carbocycles. The lowest BCUT2D eigenvalue weighted by Crippen LogP contribution is -2.35. The smallest absolute Gasteiger partial charge is 0.261 e. The minimum absolute atomic E-state index is 0.260. The van der Waals surface area contributed by atoms with Crippen LogP contribution < -0.4 is 10.1 Å². The molecule has 7 heteroatoms. The fourth-order valence-electron chi connectivity index (χ4n) is 1.95. The molecule has 2 aromatic rings. The highest BCUT2D eigenvalue weighted by Gasteiger charge is 2.16. The molecule has 2 aromatic carbocycles. The van der Waals surface area contributed by atoms with Crippen LogP contribution in [-0.2, 0) is 22.1 Å². The number of halogens is 2. The highest BCUT2D eigenvalue weighted by atomic mass is 35.5. The van der Waals surface area contributed by atoms with Gasteiger partial charge in [0.15, 0.2) is 6.10 Å². The number of hydrogen-bond donors (Lipinski definition) is 1. The van der Waals surface area contributed by atoms with Crippen LogP contribution in [0.3, 0.4) is 0 Å². The van der Waals surface area contributed by atoms with Gasteiger partial charge in [-0.3, -0.25) is 9.00 Å². The van der Waals surface area contributed by atoms with Crippen molar-refractivity contribution in [2.75, 3.05) is 6.26 Å².